The number of rotatable bonds is 1. The van der Waals surface area contributed by atoms with Crippen LogP contribution in [0.5, 0.6) is 0 Å². The van der Waals surface area contributed by atoms with E-state index < -0.39 is 0 Å². The Morgan fingerprint density at radius 2 is 2.00 bits per heavy atom. The molecule has 0 atom stereocenters. The standard InChI is InChI=1S/C3H6N2.2ClH/c1-2-5-3-4;;/h4H,2H2,1H3;2*1H. The van der Waals surface area contributed by atoms with Gasteiger partial charge in [-0.2, -0.15) is 0 Å². The molecular weight excluding hydrogens is 135 g/mol. The Bertz CT molecular complexity index is 58.0. The summed E-state index contributed by atoms with van der Waals surface area (Å²) >= 11 is 0. The smallest absolute Gasteiger partial charge is 0.0861 e. The van der Waals surface area contributed by atoms with Gasteiger partial charge in [0.05, 0.1) is 6.01 Å². The maximum atomic E-state index is 6.19. The second kappa shape index (κ2) is 16.7. The first-order chi connectivity index (χ1) is 2.41. The van der Waals surface area contributed by atoms with Crippen molar-refractivity contribution in [1.82, 2.24) is 0 Å². The summed E-state index contributed by atoms with van der Waals surface area (Å²) in [5.74, 6) is 0. The van der Waals surface area contributed by atoms with E-state index in [9.17, 15) is 0 Å². The summed E-state index contributed by atoms with van der Waals surface area (Å²) < 4.78 is 0. The van der Waals surface area contributed by atoms with Crippen molar-refractivity contribution in [3.8, 4) is 0 Å². The molecule has 0 saturated heterocycles. The van der Waals surface area contributed by atoms with Gasteiger partial charge in [-0.1, -0.05) is 0 Å². The molecular formula is C3H8Cl2N2. The molecule has 0 aliphatic heterocycles. The third-order valence-electron chi connectivity index (χ3n) is 0.237. The number of hydrogen-bond donors (Lipinski definition) is 1. The van der Waals surface area contributed by atoms with Crippen LogP contribution in [-0.4, -0.2) is 12.6 Å². The fourth-order valence-corrected chi connectivity index (χ4v) is 0.0791. The molecule has 0 amide bonds. The van der Waals surface area contributed by atoms with E-state index in [1.54, 1.807) is 0 Å². The lowest BCUT2D eigenvalue weighted by atomic mass is 10.8. The van der Waals surface area contributed by atoms with Gasteiger partial charge >= 0.3 is 0 Å². The fraction of sp³-hybridized carbons (Fsp3) is 0.667. The third-order valence-corrected chi connectivity index (χ3v) is 0.237. The first-order valence-corrected chi connectivity index (χ1v) is 1.50. The zero-order chi connectivity index (χ0) is 4.12. The monoisotopic (exact) mass is 142 g/mol. The van der Waals surface area contributed by atoms with Gasteiger partial charge in [0.15, 0.2) is 0 Å². The lowest BCUT2D eigenvalue weighted by molar-refractivity contribution is 1.14. The minimum atomic E-state index is 0. The van der Waals surface area contributed by atoms with E-state index in [-0.39, 0.29) is 24.8 Å². The molecule has 0 radical (unpaired) electrons. The van der Waals surface area contributed by atoms with Crippen molar-refractivity contribution < 1.29 is 0 Å². The van der Waals surface area contributed by atoms with Crippen molar-refractivity contribution in [3.63, 3.8) is 0 Å². The third kappa shape index (κ3) is 24.3. The summed E-state index contributed by atoms with van der Waals surface area (Å²) in [5, 5.41) is 6.19. The van der Waals surface area contributed by atoms with Crippen molar-refractivity contribution in [3.05, 3.63) is 0 Å². The fourth-order valence-electron chi connectivity index (χ4n) is 0.0791. The first kappa shape index (κ1) is 15.8. The summed E-state index contributed by atoms with van der Waals surface area (Å²) in [6.45, 7) is 2.53. The minimum Gasteiger partial charge on any atom is -0.242 e. The summed E-state index contributed by atoms with van der Waals surface area (Å²) in [4.78, 5) is 3.39. The molecule has 0 bridgehead atoms. The van der Waals surface area contributed by atoms with Gasteiger partial charge in [0.2, 0.25) is 0 Å². The Balaban J connectivity index is -0.0000000800. The van der Waals surface area contributed by atoms with Crippen LogP contribution in [-0.2, 0) is 0 Å². The molecule has 0 aromatic carbocycles. The molecule has 2 nitrogen and oxygen atoms in total. The Kier molecular flexibility index (Phi) is 37.7. The van der Waals surface area contributed by atoms with E-state index in [0.29, 0.717) is 6.54 Å². The molecule has 0 spiro atoms. The largest absolute Gasteiger partial charge is 0.242 e. The summed E-state index contributed by atoms with van der Waals surface area (Å²) in [7, 11) is 0. The molecule has 0 aromatic heterocycles. The highest BCUT2D eigenvalue weighted by Crippen LogP contribution is 1.53. The molecule has 0 aliphatic carbocycles. The molecule has 0 unspecified atom stereocenters. The lowest BCUT2D eigenvalue weighted by Gasteiger charge is -1.60. The second-order valence-electron chi connectivity index (χ2n) is 0.586. The predicted octanol–water partition coefficient (Wildman–Crippen LogP) is 1.60. The number of nitrogens with zero attached hydrogens (tertiary/aromatic N) is 1. The lowest BCUT2D eigenvalue weighted by Crippen LogP contribution is -1.58. The second-order valence-corrected chi connectivity index (χ2v) is 0.586. The van der Waals surface area contributed by atoms with E-state index >= 15 is 0 Å². The van der Waals surface area contributed by atoms with E-state index in [2.05, 4.69) is 4.99 Å². The molecule has 7 heavy (non-hydrogen) atoms. The zero-order valence-electron chi connectivity index (χ0n) is 3.97. The van der Waals surface area contributed by atoms with Gasteiger partial charge in [-0.15, -0.1) is 24.8 Å². The minimum absolute atomic E-state index is 0. The van der Waals surface area contributed by atoms with Gasteiger partial charge < -0.3 is 0 Å². The first-order valence-electron chi connectivity index (χ1n) is 1.50. The molecule has 0 fully saturated rings. The number of aliphatic imine (C=N–C) groups is 1. The maximum absolute atomic E-state index is 6.19. The van der Waals surface area contributed by atoms with Crippen molar-refractivity contribution >= 4 is 30.8 Å². The van der Waals surface area contributed by atoms with Gasteiger partial charge in [0, 0.05) is 6.54 Å². The van der Waals surface area contributed by atoms with Crippen molar-refractivity contribution in [2.75, 3.05) is 6.54 Å². The van der Waals surface area contributed by atoms with E-state index in [0.717, 1.165) is 0 Å². The van der Waals surface area contributed by atoms with Crippen LogP contribution in [0.4, 0.5) is 0 Å². The molecule has 0 aliphatic rings. The van der Waals surface area contributed by atoms with Crippen molar-refractivity contribution in [2.45, 2.75) is 6.92 Å². The highest BCUT2D eigenvalue weighted by atomic mass is 35.5. The quantitative estimate of drug-likeness (QED) is 0.541. The Morgan fingerprint density at radius 3 is 2.00 bits per heavy atom. The van der Waals surface area contributed by atoms with Crippen LogP contribution in [0.2, 0.25) is 0 Å². The number of halogens is 2. The molecule has 0 heterocycles. The van der Waals surface area contributed by atoms with Crippen molar-refractivity contribution in [1.29, 1.82) is 5.41 Å². The number of hydrogen-bond acceptors (Lipinski definition) is 2. The predicted molar refractivity (Wildman–Crippen MR) is 35.2 cm³/mol. The van der Waals surface area contributed by atoms with Crippen LogP contribution in [0.25, 0.3) is 0 Å². The molecule has 0 saturated carbocycles. The molecule has 0 rings (SSSR count). The van der Waals surface area contributed by atoms with Gasteiger partial charge in [-0.3, -0.25) is 0 Å². The Labute approximate surface area is 55.4 Å². The van der Waals surface area contributed by atoms with Crippen LogP contribution in [0.1, 0.15) is 6.92 Å². The van der Waals surface area contributed by atoms with Gasteiger partial charge in [-0.05, 0) is 6.92 Å². The zero-order valence-corrected chi connectivity index (χ0v) is 5.60. The van der Waals surface area contributed by atoms with E-state index in [1.807, 2.05) is 12.9 Å². The van der Waals surface area contributed by atoms with Crippen molar-refractivity contribution in [2.24, 2.45) is 4.99 Å². The number of nitrogens with one attached hydrogen (secondary N) is 1. The topological polar surface area (TPSA) is 36.2 Å². The Hall–Kier alpha value is -0.0400. The SMILES string of the molecule is CCN=C=N.Cl.Cl. The van der Waals surface area contributed by atoms with Crippen LogP contribution < -0.4 is 0 Å². The average Bonchev–Trinajstić information content (AvgIpc) is 1.41. The highest BCUT2D eigenvalue weighted by molar-refractivity contribution is 5.85. The van der Waals surface area contributed by atoms with E-state index in [4.69, 9.17) is 5.41 Å². The normalized spacial score (nSPS) is 4.14. The maximum Gasteiger partial charge on any atom is 0.0861 e. The van der Waals surface area contributed by atoms with E-state index in [1.165, 1.54) is 0 Å². The van der Waals surface area contributed by atoms with Crippen LogP contribution >= 0.6 is 24.8 Å². The van der Waals surface area contributed by atoms with Crippen LogP contribution in [0.15, 0.2) is 4.99 Å². The highest BCUT2D eigenvalue weighted by Gasteiger charge is 1.49. The van der Waals surface area contributed by atoms with Gasteiger partial charge in [0.25, 0.3) is 0 Å². The summed E-state index contributed by atoms with van der Waals surface area (Å²) in [6, 6.07) is 1.89. The Morgan fingerprint density at radius 1 is 1.57 bits per heavy atom. The molecule has 1 N–H and O–H groups in total. The van der Waals surface area contributed by atoms with Crippen LogP contribution in [0, 0.1) is 5.41 Å². The van der Waals surface area contributed by atoms with Gasteiger partial charge in [-0.25, -0.2) is 10.4 Å². The summed E-state index contributed by atoms with van der Waals surface area (Å²) in [5.41, 5.74) is 0. The summed E-state index contributed by atoms with van der Waals surface area (Å²) in [6.07, 6.45) is 0. The molecule has 4 heteroatoms. The van der Waals surface area contributed by atoms with Crippen LogP contribution in [0.3, 0.4) is 0 Å². The molecule has 44 valence electrons. The van der Waals surface area contributed by atoms with Gasteiger partial charge in [0.1, 0.15) is 0 Å². The average molecular weight is 143 g/mol. The molecule has 0 aromatic rings.